The van der Waals surface area contributed by atoms with Crippen molar-refractivity contribution < 1.29 is 0 Å². The SMILES string of the molecule is CCC1(c2nc(N)n(C)n2)CCNCC1. The first-order valence-corrected chi connectivity index (χ1v) is 5.56. The molecule has 0 amide bonds. The maximum atomic E-state index is 5.73. The average molecular weight is 209 g/mol. The third-order valence-corrected chi connectivity index (χ3v) is 3.51. The van der Waals surface area contributed by atoms with Gasteiger partial charge in [-0.25, -0.2) is 4.68 Å². The molecule has 0 spiro atoms. The number of hydrogen-bond acceptors (Lipinski definition) is 4. The molecule has 0 aromatic carbocycles. The molecule has 5 heteroatoms. The Morgan fingerprint density at radius 1 is 1.47 bits per heavy atom. The first kappa shape index (κ1) is 10.4. The zero-order chi connectivity index (χ0) is 10.9. The zero-order valence-electron chi connectivity index (χ0n) is 9.45. The Morgan fingerprint density at radius 2 is 2.13 bits per heavy atom. The van der Waals surface area contributed by atoms with Crippen molar-refractivity contribution in [2.24, 2.45) is 7.05 Å². The summed E-state index contributed by atoms with van der Waals surface area (Å²) in [4.78, 5) is 4.38. The van der Waals surface area contributed by atoms with E-state index >= 15 is 0 Å². The lowest BCUT2D eigenvalue weighted by atomic mass is 9.76. The van der Waals surface area contributed by atoms with Gasteiger partial charge in [0.2, 0.25) is 5.95 Å². The molecule has 0 atom stereocenters. The van der Waals surface area contributed by atoms with E-state index in [0.717, 1.165) is 38.2 Å². The van der Waals surface area contributed by atoms with Crippen LogP contribution in [0.2, 0.25) is 0 Å². The van der Waals surface area contributed by atoms with Crippen LogP contribution in [0.25, 0.3) is 0 Å². The van der Waals surface area contributed by atoms with Gasteiger partial charge in [-0.2, -0.15) is 10.1 Å². The van der Waals surface area contributed by atoms with Crippen LogP contribution in [-0.4, -0.2) is 27.9 Å². The van der Waals surface area contributed by atoms with Gasteiger partial charge in [0.25, 0.3) is 0 Å². The normalized spacial score (nSPS) is 20.4. The van der Waals surface area contributed by atoms with Crippen LogP contribution in [0.15, 0.2) is 0 Å². The van der Waals surface area contributed by atoms with Crippen molar-refractivity contribution in [1.29, 1.82) is 0 Å². The number of anilines is 1. The summed E-state index contributed by atoms with van der Waals surface area (Å²) in [6, 6.07) is 0. The van der Waals surface area contributed by atoms with E-state index in [2.05, 4.69) is 22.3 Å². The quantitative estimate of drug-likeness (QED) is 0.741. The number of nitrogens with zero attached hydrogens (tertiary/aromatic N) is 3. The fourth-order valence-electron chi connectivity index (χ4n) is 2.26. The molecule has 1 aliphatic heterocycles. The highest BCUT2D eigenvalue weighted by Crippen LogP contribution is 2.34. The molecule has 1 aliphatic rings. The summed E-state index contributed by atoms with van der Waals surface area (Å²) in [6.45, 7) is 4.30. The lowest BCUT2D eigenvalue weighted by Gasteiger charge is -2.34. The van der Waals surface area contributed by atoms with E-state index in [0.29, 0.717) is 5.95 Å². The van der Waals surface area contributed by atoms with Gasteiger partial charge < -0.3 is 11.1 Å². The summed E-state index contributed by atoms with van der Waals surface area (Å²) >= 11 is 0. The number of nitrogens with two attached hydrogens (primary N) is 1. The minimum Gasteiger partial charge on any atom is -0.368 e. The van der Waals surface area contributed by atoms with Crippen LogP contribution in [-0.2, 0) is 12.5 Å². The number of rotatable bonds is 2. The molecule has 0 radical (unpaired) electrons. The van der Waals surface area contributed by atoms with Gasteiger partial charge in [-0.15, -0.1) is 0 Å². The highest BCUT2D eigenvalue weighted by Gasteiger charge is 2.36. The van der Waals surface area contributed by atoms with Gasteiger partial charge in [0.15, 0.2) is 5.82 Å². The Kier molecular flexibility index (Phi) is 2.65. The van der Waals surface area contributed by atoms with Gasteiger partial charge in [-0.3, -0.25) is 0 Å². The van der Waals surface area contributed by atoms with Crippen molar-refractivity contribution in [3.63, 3.8) is 0 Å². The molecule has 0 saturated carbocycles. The second kappa shape index (κ2) is 3.81. The Morgan fingerprint density at radius 3 is 2.60 bits per heavy atom. The Hall–Kier alpha value is -1.10. The third kappa shape index (κ3) is 1.71. The van der Waals surface area contributed by atoms with Crippen molar-refractivity contribution in [2.75, 3.05) is 18.8 Å². The van der Waals surface area contributed by atoms with Crippen molar-refractivity contribution in [3.05, 3.63) is 5.82 Å². The molecule has 0 aliphatic carbocycles. The summed E-state index contributed by atoms with van der Waals surface area (Å²) in [5, 5.41) is 7.80. The molecular weight excluding hydrogens is 190 g/mol. The van der Waals surface area contributed by atoms with E-state index in [1.54, 1.807) is 4.68 Å². The van der Waals surface area contributed by atoms with Crippen molar-refractivity contribution in [1.82, 2.24) is 20.1 Å². The van der Waals surface area contributed by atoms with Gasteiger partial charge in [-0.1, -0.05) is 6.92 Å². The van der Waals surface area contributed by atoms with Crippen LogP contribution in [0, 0.1) is 0 Å². The molecule has 1 aromatic heterocycles. The van der Waals surface area contributed by atoms with Crippen LogP contribution in [0.1, 0.15) is 32.0 Å². The number of nitrogen functional groups attached to an aromatic ring is 1. The molecule has 3 N–H and O–H groups in total. The highest BCUT2D eigenvalue weighted by atomic mass is 15.4. The molecule has 5 nitrogen and oxygen atoms in total. The minimum absolute atomic E-state index is 0.140. The van der Waals surface area contributed by atoms with E-state index in [9.17, 15) is 0 Å². The molecule has 1 fully saturated rings. The van der Waals surface area contributed by atoms with Crippen LogP contribution in [0.4, 0.5) is 5.95 Å². The molecule has 1 saturated heterocycles. The molecule has 0 unspecified atom stereocenters. The Labute approximate surface area is 90.1 Å². The second-order valence-electron chi connectivity index (χ2n) is 4.30. The van der Waals surface area contributed by atoms with E-state index < -0.39 is 0 Å². The van der Waals surface area contributed by atoms with Crippen molar-refractivity contribution in [2.45, 2.75) is 31.6 Å². The van der Waals surface area contributed by atoms with E-state index in [1.807, 2.05) is 7.05 Å². The van der Waals surface area contributed by atoms with Crippen LogP contribution < -0.4 is 11.1 Å². The van der Waals surface area contributed by atoms with Gasteiger partial charge in [0, 0.05) is 12.5 Å². The van der Waals surface area contributed by atoms with Gasteiger partial charge in [-0.05, 0) is 32.4 Å². The van der Waals surface area contributed by atoms with Crippen molar-refractivity contribution in [3.8, 4) is 0 Å². The lowest BCUT2D eigenvalue weighted by molar-refractivity contribution is 0.282. The average Bonchev–Trinajstić information content (AvgIpc) is 2.61. The minimum atomic E-state index is 0.140. The molecule has 2 heterocycles. The number of hydrogen-bond donors (Lipinski definition) is 2. The number of aromatic nitrogens is 3. The first-order valence-electron chi connectivity index (χ1n) is 5.56. The number of piperidine rings is 1. The summed E-state index contributed by atoms with van der Waals surface area (Å²) in [5.41, 5.74) is 5.87. The van der Waals surface area contributed by atoms with Crippen LogP contribution in [0.3, 0.4) is 0 Å². The topological polar surface area (TPSA) is 68.8 Å². The van der Waals surface area contributed by atoms with Gasteiger partial charge >= 0.3 is 0 Å². The molecule has 2 rings (SSSR count). The fourth-order valence-corrected chi connectivity index (χ4v) is 2.26. The van der Waals surface area contributed by atoms with E-state index in [-0.39, 0.29) is 5.41 Å². The summed E-state index contributed by atoms with van der Waals surface area (Å²) in [5.74, 6) is 1.43. The second-order valence-corrected chi connectivity index (χ2v) is 4.30. The van der Waals surface area contributed by atoms with Gasteiger partial charge in [0.05, 0.1) is 0 Å². The standard InChI is InChI=1S/C10H19N5/c1-3-10(4-6-12-7-5-10)8-13-9(11)15(2)14-8/h12H,3-7H2,1-2H3,(H2,11,13,14). The third-order valence-electron chi connectivity index (χ3n) is 3.51. The Balaban J connectivity index is 2.32. The number of nitrogens with one attached hydrogen (secondary N) is 1. The molecule has 0 bridgehead atoms. The predicted octanol–water partition coefficient (Wildman–Crippen LogP) is 0.428. The predicted molar refractivity (Wildman–Crippen MR) is 59.5 cm³/mol. The lowest BCUT2D eigenvalue weighted by Crippen LogP contribution is -2.40. The van der Waals surface area contributed by atoms with E-state index in [1.165, 1.54) is 0 Å². The molecule has 1 aromatic rings. The Bertz CT molecular complexity index is 318. The summed E-state index contributed by atoms with van der Waals surface area (Å²) < 4.78 is 1.66. The molecule has 15 heavy (non-hydrogen) atoms. The van der Waals surface area contributed by atoms with Crippen LogP contribution >= 0.6 is 0 Å². The molecular formula is C10H19N5. The maximum absolute atomic E-state index is 5.73. The zero-order valence-corrected chi connectivity index (χ0v) is 9.45. The van der Waals surface area contributed by atoms with Gasteiger partial charge in [0.1, 0.15) is 0 Å². The summed E-state index contributed by atoms with van der Waals surface area (Å²) in [6.07, 6.45) is 3.29. The maximum Gasteiger partial charge on any atom is 0.218 e. The molecule has 84 valence electrons. The highest BCUT2D eigenvalue weighted by molar-refractivity contribution is 5.20. The largest absolute Gasteiger partial charge is 0.368 e. The fraction of sp³-hybridized carbons (Fsp3) is 0.800. The summed E-state index contributed by atoms with van der Waals surface area (Å²) in [7, 11) is 1.84. The monoisotopic (exact) mass is 209 g/mol. The van der Waals surface area contributed by atoms with E-state index in [4.69, 9.17) is 5.73 Å². The first-order chi connectivity index (χ1) is 7.18. The van der Waals surface area contributed by atoms with Crippen LogP contribution in [0.5, 0.6) is 0 Å². The number of aryl methyl sites for hydroxylation is 1. The van der Waals surface area contributed by atoms with Crippen molar-refractivity contribution >= 4 is 5.95 Å². The smallest absolute Gasteiger partial charge is 0.218 e.